The number of nitrogens with zero attached hydrogens (tertiary/aromatic N) is 2. The van der Waals surface area contributed by atoms with Gasteiger partial charge in [0, 0.05) is 18.0 Å². The Bertz CT molecular complexity index is 1730. The number of aryl methyl sites for hydroxylation is 1. The molecule has 0 fully saturated rings. The van der Waals surface area contributed by atoms with E-state index in [2.05, 4.69) is 14.7 Å². The smallest absolute Gasteiger partial charge is 0.460 e. The van der Waals surface area contributed by atoms with E-state index in [0.29, 0.717) is 56.2 Å². The molecule has 1 aromatic carbocycles. The van der Waals surface area contributed by atoms with Crippen LogP contribution in [0.3, 0.4) is 0 Å². The van der Waals surface area contributed by atoms with E-state index >= 15 is 0 Å². The van der Waals surface area contributed by atoms with Crippen LogP contribution in [0.25, 0.3) is 11.4 Å². The molecule has 5 nitrogen and oxygen atoms in total. The van der Waals surface area contributed by atoms with E-state index in [1.807, 2.05) is 0 Å². The summed E-state index contributed by atoms with van der Waals surface area (Å²) in [4.78, 5) is 7.78. The summed E-state index contributed by atoms with van der Waals surface area (Å²) < 4.78 is 344. The number of benzene rings is 1. The van der Waals surface area contributed by atoms with Crippen molar-refractivity contribution in [1.82, 2.24) is 9.97 Å². The number of unbranched alkanes of at least 4 members (excludes halogenated alkanes) is 2. The number of rotatable bonds is 22. The first kappa shape index (κ1) is 52.4. The molecule has 1 heterocycles. The lowest BCUT2D eigenvalue weighted by Gasteiger charge is -2.40. The highest BCUT2D eigenvalue weighted by atomic mass is 19.4. The number of halogens is 25. The highest BCUT2D eigenvalue weighted by molar-refractivity contribution is 5.56. The summed E-state index contributed by atoms with van der Waals surface area (Å²) in [6, 6.07) is 1.45. The third-order valence-electron chi connectivity index (χ3n) is 7.81. The molecule has 0 saturated heterocycles. The van der Waals surface area contributed by atoms with Gasteiger partial charge in [0.1, 0.15) is 0 Å². The number of hydrogen-bond acceptors (Lipinski definition) is 5. The van der Waals surface area contributed by atoms with Crippen LogP contribution in [0, 0.1) is 5.82 Å². The van der Waals surface area contributed by atoms with E-state index in [4.69, 9.17) is 0 Å². The second-order valence-corrected chi connectivity index (χ2v) is 12.3. The zero-order chi connectivity index (χ0) is 47.0. The lowest BCUT2D eigenvalue weighted by molar-refractivity contribution is -0.543. The van der Waals surface area contributed by atoms with Gasteiger partial charge in [-0.05, 0) is 49.4 Å². The average molecular weight is 934 g/mol. The third kappa shape index (κ3) is 10.1. The summed E-state index contributed by atoms with van der Waals surface area (Å²) >= 11 is 0. The molecule has 0 radical (unpaired) electrons. The average Bonchev–Trinajstić information content (AvgIpc) is 3.09. The summed E-state index contributed by atoms with van der Waals surface area (Å²) in [5, 5.41) is 0. The molecule has 0 aliphatic carbocycles. The summed E-state index contributed by atoms with van der Waals surface area (Å²) in [5.41, 5.74) is 0.257. The first-order valence-electron chi connectivity index (χ1n) is 15.8. The van der Waals surface area contributed by atoms with E-state index in [0.717, 1.165) is 10.8 Å². The minimum atomic E-state index is -8.87. The number of aromatic nitrogens is 2. The Morgan fingerprint density at radius 3 is 1.42 bits per heavy atom. The Morgan fingerprint density at radius 2 is 1.00 bits per heavy atom. The number of hydrogen-bond donors (Lipinski definition) is 0. The highest BCUT2D eigenvalue weighted by Crippen LogP contribution is 2.60. The van der Waals surface area contributed by atoms with E-state index in [9.17, 15) is 110 Å². The van der Waals surface area contributed by atoms with Gasteiger partial charge in [-0.3, -0.25) is 0 Å². The fourth-order valence-electron chi connectivity index (χ4n) is 4.24. The lowest BCUT2D eigenvalue weighted by Crippen LogP contribution is -2.69. The molecule has 1 aromatic heterocycles. The first-order chi connectivity index (χ1) is 26.7. The Kier molecular flexibility index (Phi) is 15.0. The maximum absolute atomic E-state index is 14.6. The molecule has 1 atom stereocenters. The van der Waals surface area contributed by atoms with Crippen LogP contribution in [-0.4, -0.2) is 88.9 Å². The molecule has 2 aromatic rings. The fraction of sp³-hybridized carbons (Fsp3) is 0.667. The Balaban J connectivity index is 2.24. The molecule has 2 rings (SSSR count). The minimum absolute atomic E-state index is 0.275. The van der Waals surface area contributed by atoms with Crippen LogP contribution in [-0.2, 0) is 15.9 Å². The van der Waals surface area contributed by atoms with Crippen molar-refractivity contribution in [1.29, 1.82) is 0 Å². The van der Waals surface area contributed by atoms with Crippen LogP contribution in [0.1, 0.15) is 44.6 Å². The SMILES string of the molecule is CC[C@H](F)CCCCCc1cnc(-c2ccc(OCC(F)(F)C(F)(F)C(F)(F)OC(F)(F)C(F)(F)C(F)(F)C(F)(F)OC(F)(F)C(F)(F)C(F)(F)C(F)(F)F)c(F)c2)nc1. The van der Waals surface area contributed by atoms with Gasteiger partial charge in [0.25, 0.3) is 0 Å². The van der Waals surface area contributed by atoms with Crippen LogP contribution in [0.15, 0.2) is 30.6 Å². The summed E-state index contributed by atoms with van der Waals surface area (Å²) in [6.45, 7) is -1.61. The molecule has 346 valence electrons. The van der Waals surface area contributed by atoms with Crippen LogP contribution < -0.4 is 4.74 Å². The number of alkyl halides is 24. The van der Waals surface area contributed by atoms with Crippen molar-refractivity contribution in [3.05, 3.63) is 42.0 Å². The predicted octanol–water partition coefficient (Wildman–Crippen LogP) is 12.3. The van der Waals surface area contributed by atoms with Crippen LogP contribution >= 0.6 is 0 Å². The van der Waals surface area contributed by atoms with Crippen molar-refractivity contribution in [2.45, 2.75) is 118 Å². The standard InChI is InChI=1S/C30H23F25N2O3/c1-2-16(31)7-5-3-4-6-14-11-56-19(57-12-14)15-8-9-18(17(32)10-15)58-13-20(33,34)21(35,36)27(48,49)59-29(52,53)24(41,42)25(43,44)30(54,55)60-28(50,51)23(39,40)22(37,38)26(45,46)47/h8-12,16H,2-7,13H2,1H3/t16-/m0/s1. The Hall–Kier alpha value is -3.73. The second kappa shape index (κ2) is 17.2. The van der Waals surface area contributed by atoms with Crippen LogP contribution in [0.4, 0.5) is 110 Å². The molecule has 0 bridgehead atoms. The molecule has 0 aliphatic rings. The van der Waals surface area contributed by atoms with E-state index in [1.54, 1.807) is 6.92 Å². The van der Waals surface area contributed by atoms with Crippen molar-refractivity contribution in [2.75, 3.05) is 6.61 Å². The van der Waals surface area contributed by atoms with Crippen molar-refractivity contribution in [2.24, 2.45) is 0 Å². The minimum Gasteiger partial charge on any atom is -0.484 e. The quantitative estimate of drug-likeness (QED) is 0.0870. The molecule has 0 unspecified atom stereocenters. The molecule has 0 aliphatic heterocycles. The van der Waals surface area contributed by atoms with Gasteiger partial charge in [-0.25, -0.2) is 28.2 Å². The molecule has 0 spiro atoms. The largest absolute Gasteiger partial charge is 0.484 e. The van der Waals surface area contributed by atoms with Gasteiger partial charge in [0.05, 0.1) is 6.17 Å². The van der Waals surface area contributed by atoms with Crippen molar-refractivity contribution < 1.29 is 124 Å². The van der Waals surface area contributed by atoms with Crippen LogP contribution in [0.2, 0.25) is 0 Å². The van der Waals surface area contributed by atoms with Crippen molar-refractivity contribution in [3.8, 4) is 17.1 Å². The van der Waals surface area contributed by atoms with Crippen LogP contribution in [0.5, 0.6) is 5.75 Å². The lowest BCUT2D eigenvalue weighted by atomic mass is 10.1. The second-order valence-electron chi connectivity index (χ2n) is 12.3. The van der Waals surface area contributed by atoms with Gasteiger partial charge in [-0.15, -0.1) is 0 Å². The maximum Gasteiger partial charge on any atom is 0.460 e. The van der Waals surface area contributed by atoms with Gasteiger partial charge in [-0.1, -0.05) is 19.8 Å². The monoisotopic (exact) mass is 934 g/mol. The molecule has 0 saturated carbocycles. The fourth-order valence-corrected chi connectivity index (χ4v) is 4.24. The molecular formula is C30H23F25N2O3. The summed E-state index contributed by atoms with van der Waals surface area (Å²) in [7, 11) is 0. The zero-order valence-corrected chi connectivity index (χ0v) is 29.0. The Labute approximate surface area is 318 Å². The van der Waals surface area contributed by atoms with Crippen molar-refractivity contribution >= 4 is 0 Å². The van der Waals surface area contributed by atoms with Crippen molar-refractivity contribution in [3.63, 3.8) is 0 Å². The van der Waals surface area contributed by atoms with Gasteiger partial charge in [-0.2, -0.15) is 101 Å². The zero-order valence-electron chi connectivity index (χ0n) is 29.0. The molecule has 0 amide bonds. The molecule has 30 heteroatoms. The first-order valence-corrected chi connectivity index (χ1v) is 15.8. The predicted molar refractivity (Wildman–Crippen MR) is 148 cm³/mol. The van der Waals surface area contributed by atoms with Gasteiger partial charge >= 0.3 is 66.1 Å². The number of ether oxygens (including phenoxy) is 3. The highest BCUT2D eigenvalue weighted by Gasteiger charge is 2.90. The molecular weight excluding hydrogens is 911 g/mol. The van der Waals surface area contributed by atoms with Gasteiger partial charge in [0.15, 0.2) is 24.0 Å². The topological polar surface area (TPSA) is 53.5 Å². The third-order valence-corrected chi connectivity index (χ3v) is 7.81. The molecule has 0 N–H and O–H groups in total. The van der Waals surface area contributed by atoms with E-state index in [-0.39, 0.29) is 11.4 Å². The normalized spacial score (nSPS) is 15.4. The van der Waals surface area contributed by atoms with E-state index < -0.39 is 90.5 Å². The summed E-state index contributed by atoms with van der Waals surface area (Å²) in [6.07, 6.45) is -37.0. The summed E-state index contributed by atoms with van der Waals surface area (Å²) in [5.74, 6) is -52.6. The van der Waals surface area contributed by atoms with Gasteiger partial charge < -0.3 is 4.74 Å². The van der Waals surface area contributed by atoms with E-state index in [1.165, 1.54) is 17.1 Å². The molecule has 60 heavy (non-hydrogen) atoms. The van der Waals surface area contributed by atoms with Gasteiger partial charge in [0.2, 0.25) is 0 Å². The Morgan fingerprint density at radius 1 is 0.567 bits per heavy atom. The maximum atomic E-state index is 14.6.